The lowest BCUT2D eigenvalue weighted by Gasteiger charge is -2.32. The first-order valence-corrected chi connectivity index (χ1v) is 8.57. The molecule has 1 fully saturated rings. The van der Waals surface area contributed by atoms with E-state index in [0.29, 0.717) is 25.3 Å². The van der Waals surface area contributed by atoms with Crippen LogP contribution in [0.1, 0.15) is 31.2 Å². The Bertz CT molecular complexity index is 750. The number of hydrogen-bond acceptors (Lipinski definition) is 2. The quantitative estimate of drug-likeness (QED) is 0.918. The van der Waals surface area contributed by atoms with Gasteiger partial charge in [0.05, 0.1) is 6.42 Å². The Balaban J connectivity index is 1.66. The molecule has 0 aliphatic carbocycles. The molecular formula is C19H24N2O3. The van der Waals surface area contributed by atoms with E-state index in [2.05, 4.69) is 16.7 Å². The highest BCUT2D eigenvalue weighted by Gasteiger charge is 2.24. The van der Waals surface area contributed by atoms with Gasteiger partial charge in [0.1, 0.15) is 0 Å². The SMILES string of the molecule is Cn1cc(CC(=O)N2CCC[C@H](CCC(=O)O)C2)c2ccccc21. The second-order valence-electron chi connectivity index (χ2n) is 6.74. The number of likely N-dealkylation sites (tertiary alicyclic amines) is 1. The van der Waals surface area contributed by atoms with E-state index in [1.165, 1.54) is 0 Å². The summed E-state index contributed by atoms with van der Waals surface area (Å²) >= 11 is 0. The van der Waals surface area contributed by atoms with Crippen LogP contribution in [0.2, 0.25) is 0 Å². The second kappa shape index (κ2) is 7.07. The number of carbonyl (C=O) groups is 2. The van der Waals surface area contributed by atoms with Crippen molar-refractivity contribution in [1.29, 1.82) is 0 Å². The number of benzene rings is 1. The molecule has 1 aromatic heterocycles. The van der Waals surface area contributed by atoms with Gasteiger partial charge < -0.3 is 14.6 Å². The highest BCUT2D eigenvalue weighted by molar-refractivity contribution is 5.89. The third-order valence-corrected chi connectivity index (χ3v) is 4.96. The van der Waals surface area contributed by atoms with Crippen molar-refractivity contribution in [1.82, 2.24) is 9.47 Å². The number of aromatic nitrogens is 1. The van der Waals surface area contributed by atoms with Gasteiger partial charge in [0.2, 0.25) is 5.91 Å². The van der Waals surface area contributed by atoms with Crippen molar-refractivity contribution in [2.24, 2.45) is 13.0 Å². The number of carboxylic acids is 1. The number of carboxylic acid groups (broad SMARTS) is 1. The lowest BCUT2D eigenvalue weighted by molar-refractivity contribution is -0.137. The molecular weight excluding hydrogens is 304 g/mol. The highest BCUT2D eigenvalue weighted by atomic mass is 16.4. The Morgan fingerprint density at radius 1 is 1.29 bits per heavy atom. The molecule has 3 rings (SSSR count). The lowest BCUT2D eigenvalue weighted by atomic mass is 9.93. The van der Waals surface area contributed by atoms with Gasteiger partial charge >= 0.3 is 5.97 Å². The molecule has 2 heterocycles. The van der Waals surface area contributed by atoms with Crippen LogP contribution in [0.25, 0.3) is 10.9 Å². The van der Waals surface area contributed by atoms with Crippen LogP contribution in [0.3, 0.4) is 0 Å². The molecule has 5 nitrogen and oxygen atoms in total. The van der Waals surface area contributed by atoms with Gasteiger partial charge in [-0.25, -0.2) is 0 Å². The van der Waals surface area contributed by atoms with Gasteiger partial charge in [-0.15, -0.1) is 0 Å². The number of rotatable bonds is 5. The summed E-state index contributed by atoms with van der Waals surface area (Å²) in [5, 5.41) is 9.97. The standard InChI is InChI=1S/C19H24N2O3/c1-20-13-15(16-6-2-3-7-17(16)20)11-18(22)21-10-4-5-14(12-21)8-9-19(23)24/h2-3,6-7,13-14H,4-5,8-12H2,1H3,(H,23,24)/t14-/m1/s1. The second-order valence-corrected chi connectivity index (χ2v) is 6.74. The highest BCUT2D eigenvalue weighted by Crippen LogP contribution is 2.24. The van der Waals surface area contributed by atoms with Crippen LogP contribution in [0.15, 0.2) is 30.5 Å². The maximum Gasteiger partial charge on any atom is 0.303 e. The molecule has 1 aliphatic heterocycles. The zero-order valence-electron chi connectivity index (χ0n) is 14.1. The van der Waals surface area contributed by atoms with Crippen LogP contribution in [0, 0.1) is 5.92 Å². The van der Waals surface area contributed by atoms with E-state index in [0.717, 1.165) is 35.9 Å². The predicted octanol–water partition coefficient (Wildman–Crippen LogP) is 2.82. The Labute approximate surface area is 141 Å². The number of hydrogen-bond donors (Lipinski definition) is 1. The van der Waals surface area contributed by atoms with Crippen LogP contribution in [-0.2, 0) is 23.1 Å². The van der Waals surface area contributed by atoms with Crippen molar-refractivity contribution in [3.63, 3.8) is 0 Å². The summed E-state index contributed by atoms with van der Waals surface area (Å²) < 4.78 is 2.06. The summed E-state index contributed by atoms with van der Waals surface area (Å²) in [6, 6.07) is 8.13. The summed E-state index contributed by atoms with van der Waals surface area (Å²) in [6.45, 7) is 1.48. The monoisotopic (exact) mass is 328 g/mol. The maximum absolute atomic E-state index is 12.7. The third kappa shape index (κ3) is 3.61. The predicted molar refractivity (Wildman–Crippen MR) is 92.8 cm³/mol. The Morgan fingerprint density at radius 2 is 2.08 bits per heavy atom. The van der Waals surface area contributed by atoms with E-state index in [4.69, 9.17) is 5.11 Å². The maximum atomic E-state index is 12.7. The van der Waals surface area contributed by atoms with Gasteiger partial charge in [-0.3, -0.25) is 9.59 Å². The molecule has 1 aliphatic rings. The first-order valence-electron chi connectivity index (χ1n) is 8.57. The van der Waals surface area contributed by atoms with Gasteiger partial charge in [-0.05, 0) is 36.8 Å². The van der Waals surface area contributed by atoms with Crippen molar-refractivity contribution in [2.45, 2.75) is 32.1 Å². The zero-order valence-corrected chi connectivity index (χ0v) is 14.1. The zero-order chi connectivity index (χ0) is 17.1. The molecule has 5 heteroatoms. The number of nitrogens with zero attached hydrogens (tertiary/aromatic N) is 2. The summed E-state index contributed by atoms with van der Waals surface area (Å²) in [7, 11) is 2.00. The minimum Gasteiger partial charge on any atom is -0.481 e. The van der Waals surface area contributed by atoms with Crippen molar-refractivity contribution in [3.05, 3.63) is 36.0 Å². The molecule has 0 spiro atoms. The van der Waals surface area contributed by atoms with Gasteiger partial charge in [0, 0.05) is 43.7 Å². The minimum absolute atomic E-state index is 0.145. The fourth-order valence-corrected chi connectivity index (χ4v) is 3.70. The van der Waals surface area contributed by atoms with E-state index < -0.39 is 5.97 Å². The molecule has 0 radical (unpaired) electrons. The largest absolute Gasteiger partial charge is 0.481 e. The first-order chi connectivity index (χ1) is 11.5. The average Bonchev–Trinajstić information content (AvgIpc) is 2.90. The third-order valence-electron chi connectivity index (χ3n) is 4.96. The van der Waals surface area contributed by atoms with Gasteiger partial charge in [-0.2, -0.15) is 0 Å². The number of para-hydroxylation sites is 1. The summed E-state index contributed by atoms with van der Waals surface area (Å²) in [5.74, 6) is -0.299. The lowest BCUT2D eigenvalue weighted by Crippen LogP contribution is -2.40. The van der Waals surface area contributed by atoms with E-state index in [1.54, 1.807) is 0 Å². The summed E-state index contributed by atoms with van der Waals surface area (Å²) in [5.41, 5.74) is 2.20. The fraction of sp³-hybridized carbons (Fsp3) is 0.474. The number of amides is 1. The number of aliphatic carboxylic acids is 1. The Kier molecular flexibility index (Phi) is 4.88. The Hall–Kier alpha value is -2.30. The van der Waals surface area contributed by atoms with Crippen LogP contribution in [-0.4, -0.2) is 39.5 Å². The van der Waals surface area contributed by atoms with Crippen molar-refractivity contribution in [2.75, 3.05) is 13.1 Å². The molecule has 128 valence electrons. The van der Waals surface area contributed by atoms with Crippen LogP contribution in [0.4, 0.5) is 0 Å². The summed E-state index contributed by atoms with van der Waals surface area (Å²) in [6.07, 6.45) is 5.28. The normalized spacial score (nSPS) is 18.0. The van der Waals surface area contributed by atoms with Crippen LogP contribution in [0.5, 0.6) is 0 Å². The fourth-order valence-electron chi connectivity index (χ4n) is 3.70. The molecule has 24 heavy (non-hydrogen) atoms. The smallest absolute Gasteiger partial charge is 0.303 e. The number of fused-ring (bicyclic) bond motifs is 1. The molecule has 0 unspecified atom stereocenters. The van der Waals surface area contributed by atoms with Crippen molar-refractivity contribution >= 4 is 22.8 Å². The molecule has 2 aromatic rings. The average molecular weight is 328 g/mol. The molecule has 0 saturated carbocycles. The van der Waals surface area contributed by atoms with E-state index in [9.17, 15) is 9.59 Å². The molecule has 1 amide bonds. The van der Waals surface area contributed by atoms with Gasteiger partial charge in [0.15, 0.2) is 0 Å². The number of aryl methyl sites for hydroxylation is 1. The molecule has 1 aromatic carbocycles. The van der Waals surface area contributed by atoms with E-state index in [-0.39, 0.29) is 12.3 Å². The Morgan fingerprint density at radius 3 is 2.88 bits per heavy atom. The molecule has 0 bridgehead atoms. The molecule has 1 saturated heterocycles. The van der Waals surface area contributed by atoms with Crippen molar-refractivity contribution in [3.8, 4) is 0 Å². The summed E-state index contributed by atoms with van der Waals surface area (Å²) in [4.78, 5) is 25.4. The van der Waals surface area contributed by atoms with Gasteiger partial charge in [-0.1, -0.05) is 18.2 Å². The first kappa shape index (κ1) is 16.6. The molecule has 1 N–H and O–H groups in total. The van der Waals surface area contributed by atoms with E-state index >= 15 is 0 Å². The van der Waals surface area contributed by atoms with Crippen LogP contribution < -0.4 is 0 Å². The number of carbonyl (C=O) groups excluding carboxylic acids is 1. The number of piperidine rings is 1. The van der Waals surface area contributed by atoms with E-state index in [1.807, 2.05) is 30.3 Å². The van der Waals surface area contributed by atoms with Gasteiger partial charge in [0.25, 0.3) is 0 Å². The minimum atomic E-state index is -0.755. The van der Waals surface area contributed by atoms with Crippen molar-refractivity contribution < 1.29 is 14.7 Å². The molecule has 1 atom stereocenters. The topological polar surface area (TPSA) is 62.5 Å². The van der Waals surface area contributed by atoms with Crippen LogP contribution >= 0.6 is 0 Å².